The third-order valence-electron chi connectivity index (χ3n) is 2.45. The standard InChI is InChI=1S/C9H17NO4S/c1-14-6-7-15(12,13)10-8-2-4-9(11)5-3-8/h8,10H,2-7H2,1H3. The Kier molecular flexibility index (Phi) is 4.69. The molecule has 0 aromatic heterocycles. The van der Waals surface area contributed by atoms with Crippen LogP contribution in [0.15, 0.2) is 0 Å². The van der Waals surface area contributed by atoms with Gasteiger partial charge < -0.3 is 4.74 Å². The van der Waals surface area contributed by atoms with E-state index in [4.69, 9.17) is 4.74 Å². The fraction of sp³-hybridized carbons (Fsp3) is 0.889. The first-order valence-electron chi connectivity index (χ1n) is 5.04. The SMILES string of the molecule is COCCS(=O)(=O)NC1CCC(=O)CC1. The quantitative estimate of drug-likeness (QED) is 0.731. The molecular formula is C9H17NO4S. The summed E-state index contributed by atoms with van der Waals surface area (Å²) in [4.78, 5) is 10.9. The van der Waals surface area contributed by atoms with Crippen LogP contribution >= 0.6 is 0 Å². The lowest BCUT2D eigenvalue weighted by atomic mass is 9.95. The maximum absolute atomic E-state index is 11.5. The van der Waals surface area contributed by atoms with Crippen molar-refractivity contribution in [2.24, 2.45) is 0 Å². The molecule has 0 bridgehead atoms. The molecule has 0 spiro atoms. The van der Waals surface area contributed by atoms with E-state index in [1.165, 1.54) is 7.11 Å². The van der Waals surface area contributed by atoms with Crippen LogP contribution in [-0.4, -0.2) is 39.7 Å². The maximum Gasteiger partial charge on any atom is 0.214 e. The Labute approximate surface area is 90.2 Å². The number of methoxy groups -OCH3 is 1. The highest BCUT2D eigenvalue weighted by Crippen LogP contribution is 2.15. The summed E-state index contributed by atoms with van der Waals surface area (Å²) in [5, 5.41) is 0. The topological polar surface area (TPSA) is 72.5 Å². The molecule has 0 saturated heterocycles. The molecule has 0 radical (unpaired) electrons. The average Bonchev–Trinajstić information content (AvgIpc) is 2.18. The van der Waals surface area contributed by atoms with Crippen LogP contribution in [0.2, 0.25) is 0 Å². The number of Topliss-reactive ketones (excluding diaryl/α,β-unsaturated/α-hetero) is 1. The summed E-state index contributed by atoms with van der Waals surface area (Å²) in [6.45, 7) is 0.195. The van der Waals surface area contributed by atoms with E-state index in [1.54, 1.807) is 0 Å². The van der Waals surface area contributed by atoms with Gasteiger partial charge in [0.05, 0.1) is 12.4 Å². The van der Waals surface area contributed by atoms with Crippen molar-refractivity contribution in [1.29, 1.82) is 0 Å². The Balaban J connectivity index is 2.37. The average molecular weight is 235 g/mol. The van der Waals surface area contributed by atoms with Gasteiger partial charge in [-0.1, -0.05) is 0 Å². The zero-order chi connectivity index (χ0) is 11.3. The Morgan fingerprint density at radius 2 is 2.00 bits per heavy atom. The van der Waals surface area contributed by atoms with Gasteiger partial charge in [-0.05, 0) is 12.8 Å². The van der Waals surface area contributed by atoms with Crippen molar-refractivity contribution in [1.82, 2.24) is 4.72 Å². The molecule has 15 heavy (non-hydrogen) atoms. The summed E-state index contributed by atoms with van der Waals surface area (Å²) in [7, 11) is -1.78. The predicted molar refractivity (Wildman–Crippen MR) is 56.1 cm³/mol. The highest BCUT2D eigenvalue weighted by Gasteiger charge is 2.22. The van der Waals surface area contributed by atoms with Gasteiger partial charge in [-0.25, -0.2) is 13.1 Å². The highest BCUT2D eigenvalue weighted by atomic mass is 32.2. The molecule has 88 valence electrons. The highest BCUT2D eigenvalue weighted by molar-refractivity contribution is 7.89. The Hall–Kier alpha value is -0.460. The van der Waals surface area contributed by atoms with E-state index in [0.29, 0.717) is 25.7 Å². The second kappa shape index (κ2) is 5.58. The number of ketones is 1. The van der Waals surface area contributed by atoms with Gasteiger partial charge in [0.1, 0.15) is 5.78 Å². The van der Waals surface area contributed by atoms with Crippen LogP contribution in [-0.2, 0) is 19.6 Å². The van der Waals surface area contributed by atoms with Gasteiger partial charge in [0.15, 0.2) is 0 Å². The van der Waals surface area contributed by atoms with Gasteiger partial charge in [-0.3, -0.25) is 4.79 Å². The van der Waals surface area contributed by atoms with E-state index >= 15 is 0 Å². The lowest BCUT2D eigenvalue weighted by Crippen LogP contribution is -2.39. The summed E-state index contributed by atoms with van der Waals surface area (Å²) in [5.41, 5.74) is 0. The fourth-order valence-corrected chi connectivity index (χ4v) is 2.81. The lowest BCUT2D eigenvalue weighted by Gasteiger charge is -2.21. The molecular weight excluding hydrogens is 218 g/mol. The van der Waals surface area contributed by atoms with E-state index in [1.807, 2.05) is 0 Å². The van der Waals surface area contributed by atoms with Gasteiger partial charge in [0, 0.05) is 26.0 Å². The minimum Gasteiger partial charge on any atom is -0.384 e. The van der Waals surface area contributed by atoms with E-state index in [2.05, 4.69) is 4.72 Å². The summed E-state index contributed by atoms with van der Waals surface area (Å²) < 4.78 is 30.2. The minimum absolute atomic E-state index is 0.0199. The van der Waals surface area contributed by atoms with Crippen LogP contribution < -0.4 is 4.72 Å². The van der Waals surface area contributed by atoms with Crippen molar-refractivity contribution >= 4 is 15.8 Å². The molecule has 0 aromatic rings. The van der Waals surface area contributed by atoms with E-state index in [-0.39, 0.29) is 24.2 Å². The molecule has 0 aliphatic heterocycles. The lowest BCUT2D eigenvalue weighted by molar-refractivity contribution is -0.120. The summed E-state index contributed by atoms with van der Waals surface area (Å²) in [6.07, 6.45) is 2.20. The number of sulfonamides is 1. The molecule has 6 heteroatoms. The number of hydrogen-bond acceptors (Lipinski definition) is 4. The second-order valence-electron chi connectivity index (χ2n) is 3.74. The second-order valence-corrected chi connectivity index (χ2v) is 5.62. The number of carbonyl (C=O) groups excluding carboxylic acids is 1. The first-order valence-corrected chi connectivity index (χ1v) is 6.69. The summed E-state index contributed by atoms with van der Waals surface area (Å²) >= 11 is 0. The van der Waals surface area contributed by atoms with E-state index < -0.39 is 10.0 Å². The van der Waals surface area contributed by atoms with Crippen molar-refractivity contribution in [2.45, 2.75) is 31.7 Å². The van der Waals surface area contributed by atoms with Gasteiger partial charge in [-0.15, -0.1) is 0 Å². The van der Waals surface area contributed by atoms with Gasteiger partial charge in [0.25, 0.3) is 0 Å². The van der Waals surface area contributed by atoms with Crippen molar-refractivity contribution in [3.05, 3.63) is 0 Å². The molecule has 1 fully saturated rings. The van der Waals surface area contributed by atoms with Crippen LogP contribution in [0.3, 0.4) is 0 Å². The summed E-state index contributed by atoms with van der Waals surface area (Å²) in [6, 6.07) is -0.0791. The van der Waals surface area contributed by atoms with Crippen molar-refractivity contribution < 1.29 is 17.9 Å². The first kappa shape index (κ1) is 12.6. The molecule has 0 amide bonds. The van der Waals surface area contributed by atoms with Gasteiger partial charge >= 0.3 is 0 Å². The molecule has 1 rings (SSSR count). The van der Waals surface area contributed by atoms with Crippen LogP contribution in [0.5, 0.6) is 0 Å². The Morgan fingerprint density at radius 3 is 2.53 bits per heavy atom. The molecule has 1 N–H and O–H groups in total. The smallest absolute Gasteiger partial charge is 0.214 e. The molecule has 0 aromatic carbocycles. The zero-order valence-corrected chi connectivity index (χ0v) is 9.68. The van der Waals surface area contributed by atoms with Crippen LogP contribution in [0.1, 0.15) is 25.7 Å². The van der Waals surface area contributed by atoms with Crippen LogP contribution in [0.4, 0.5) is 0 Å². The number of ether oxygens (including phenoxy) is 1. The van der Waals surface area contributed by atoms with E-state index in [0.717, 1.165) is 0 Å². The van der Waals surface area contributed by atoms with E-state index in [9.17, 15) is 13.2 Å². The van der Waals surface area contributed by atoms with Gasteiger partial charge in [0.2, 0.25) is 10.0 Å². The molecule has 0 heterocycles. The maximum atomic E-state index is 11.5. The number of carbonyl (C=O) groups is 1. The van der Waals surface area contributed by atoms with Crippen LogP contribution in [0, 0.1) is 0 Å². The number of hydrogen-bond donors (Lipinski definition) is 1. The monoisotopic (exact) mass is 235 g/mol. The van der Waals surface area contributed by atoms with Crippen LogP contribution in [0.25, 0.3) is 0 Å². The predicted octanol–water partition coefficient (Wildman–Crippen LogP) is 0.0639. The third-order valence-corrected chi connectivity index (χ3v) is 3.84. The molecule has 1 aliphatic carbocycles. The fourth-order valence-electron chi connectivity index (χ4n) is 1.56. The number of rotatable bonds is 5. The molecule has 1 aliphatic rings. The largest absolute Gasteiger partial charge is 0.384 e. The van der Waals surface area contributed by atoms with Gasteiger partial charge in [-0.2, -0.15) is 0 Å². The Bertz CT molecular complexity index is 302. The normalized spacial score (nSPS) is 19.4. The molecule has 1 saturated carbocycles. The van der Waals surface area contributed by atoms with Crippen molar-refractivity contribution in [3.63, 3.8) is 0 Å². The Morgan fingerprint density at radius 1 is 1.40 bits per heavy atom. The van der Waals surface area contributed by atoms with Crippen molar-refractivity contribution in [3.8, 4) is 0 Å². The third kappa shape index (κ3) is 4.72. The summed E-state index contributed by atoms with van der Waals surface area (Å²) in [5.74, 6) is 0.204. The minimum atomic E-state index is -3.25. The first-order chi connectivity index (χ1) is 7.03. The zero-order valence-electron chi connectivity index (χ0n) is 8.86. The number of nitrogens with one attached hydrogen (secondary N) is 1. The molecule has 0 atom stereocenters. The molecule has 5 nitrogen and oxygen atoms in total. The van der Waals surface area contributed by atoms with Crippen molar-refractivity contribution in [2.75, 3.05) is 19.5 Å². The molecule has 0 unspecified atom stereocenters.